The molecule has 5 rings (SSSR count). The van der Waals surface area contributed by atoms with Crippen LogP contribution in [0.4, 0.5) is 0 Å². The van der Waals surface area contributed by atoms with Gasteiger partial charge in [0.2, 0.25) is 6.79 Å². The number of benzene rings is 3. The Hall–Kier alpha value is -3.35. The van der Waals surface area contributed by atoms with E-state index in [-0.39, 0.29) is 18.5 Å². The third kappa shape index (κ3) is 4.58. The number of nitrogens with zero attached hydrogens (tertiary/aromatic N) is 2. The number of ketones is 1. The standard InChI is InChI=1S/C26H23ClN2O4/c27-20-8-6-19(7-9-20)25(30)21-3-1-2-4-22(21)26(31)29-13-11-28(12-14-29)16-18-5-10-23-24(15-18)33-17-32-23/h1-10,15H,11-14,16-17H2. The molecule has 0 bridgehead atoms. The van der Waals surface area contributed by atoms with E-state index in [9.17, 15) is 9.59 Å². The first kappa shape index (κ1) is 21.5. The highest BCUT2D eigenvalue weighted by Gasteiger charge is 2.26. The van der Waals surface area contributed by atoms with Gasteiger partial charge in [-0.1, -0.05) is 35.9 Å². The minimum absolute atomic E-state index is 0.115. The molecule has 168 valence electrons. The molecule has 0 N–H and O–H groups in total. The van der Waals surface area contributed by atoms with Gasteiger partial charge in [0.05, 0.1) is 5.56 Å². The Kier molecular flexibility index (Phi) is 6.03. The van der Waals surface area contributed by atoms with Gasteiger partial charge in [-0.05, 0) is 48.0 Å². The molecule has 3 aromatic carbocycles. The molecule has 1 amide bonds. The largest absolute Gasteiger partial charge is 0.454 e. The molecule has 2 heterocycles. The van der Waals surface area contributed by atoms with Gasteiger partial charge in [0.25, 0.3) is 5.91 Å². The van der Waals surface area contributed by atoms with E-state index in [2.05, 4.69) is 4.90 Å². The summed E-state index contributed by atoms with van der Waals surface area (Å²) in [7, 11) is 0. The summed E-state index contributed by atoms with van der Waals surface area (Å²) in [6.45, 7) is 3.77. The van der Waals surface area contributed by atoms with Crippen molar-refractivity contribution in [1.82, 2.24) is 9.80 Å². The van der Waals surface area contributed by atoms with Crippen LogP contribution in [0.25, 0.3) is 0 Å². The molecule has 0 aliphatic carbocycles. The third-order valence-corrected chi connectivity index (χ3v) is 6.26. The average molecular weight is 463 g/mol. The van der Waals surface area contributed by atoms with Crippen LogP contribution in [0.1, 0.15) is 31.8 Å². The van der Waals surface area contributed by atoms with Gasteiger partial charge >= 0.3 is 0 Å². The quantitative estimate of drug-likeness (QED) is 0.530. The normalized spacial score (nSPS) is 15.5. The van der Waals surface area contributed by atoms with E-state index in [1.165, 1.54) is 0 Å². The van der Waals surface area contributed by atoms with E-state index < -0.39 is 0 Å². The molecule has 3 aromatic rings. The molecule has 0 saturated carbocycles. The van der Waals surface area contributed by atoms with Crippen molar-refractivity contribution >= 4 is 23.3 Å². The molecular formula is C26H23ClN2O4. The van der Waals surface area contributed by atoms with Crippen molar-refractivity contribution < 1.29 is 19.1 Å². The van der Waals surface area contributed by atoms with E-state index in [1.54, 1.807) is 48.5 Å². The second-order valence-corrected chi connectivity index (χ2v) is 8.57. The summed E-state index contributed by atoms with van der Waals surface area (Å²) in [6.07, 6.45) is 0. The smallest absolute Gasteiger partial charge is 0.254 e. The molecule has 1 saturated heterocycles. The summed E-state index contributed by atoms with van der Waals surface area (Å²) in [5.74, 6) is 1.26. The molecule has 7 heteroatoms. The molecule has 0 unspecified atom stereocenters. The summed E-state index contributed by atoms with van der Waals surface area (Å²) < 4.78 is 10.8. The van der Waals surface area contributed by atoms with E-state index in [4.69, 9.17) is 21.1 Å². The van der Waals surface area contributed by atoms with Gasteiger partial charge in [0, 0.05) is 48.9 Å². The molecule has 0 atom stereocenters. The highest BCUT2D eigenvalue weighted by Crippen LogP contribution is 2.33. The Morgan fingerprint density at radius 1 is 0.818 bits per heavy atom. The zero-order valence-corrected chi connectivity index (χ0v) is 18.8. The number of rotatable bonds is 5. The van der Waals surface area contributed by atoms with E-state index in [0.29, 0.717) is 34.8 Å². The first-order valence-electron chi connectivity index (χ1n) is 10.9. The Labute approximate surface area is 197 Å². The van der Waals surface area contributed by atoms with Crippen molar-refractivity contribution in [3.8, 4) is 11.5 Å². The van der Waals surface area contributed by atoms with E-state index in [1.807, 2.05) is 23.1 Å². The molecule has 2 aliphatic rings. The molecule has 2 aliphatic heterocycles. The number of ether oxygens (including phenoxy) is 2. The van der Waals surface area contributed by atoms with Crippen LogP contribution in [-0.4, -0.2) is 54.5 Å². The molecule has 0 aromatic heterocycles. The Bertz CT molecular complexity index is 1190. The van der Waals surface area contributed by atoms with Crippen molar-refractivity contribution in [2.45, 2.75) is 6.54 Å². The fourth-order valence-corrected chi connectivity index (χ4v) is 4.33. The number of piperazine rings is 1. The van der Waals surface area contributed by atoms with Crippen LogP contribution in [0.2, 0.25) is 5.02 Å². The maximum atomic E-state index is 13.3. The summed E-state index contributed by atoms with van der Waals surface area (Å²) in [5, 5.41) is 0.564. The predicted octanol–water partition coefficient (Wildman–Crippen LogP) is 4.26. The number of halogens is 1. The highest BCUT2D eigenvalue weighted by atomic mass is 35.5. The van der Waals surface area contributed by atoms with Crippen LogP contribution < -0.4 is 9.47 Å². The van der Waals surface area contributed by atoms with Gasteiger partial charge < -0.3 is 14.4 Å². The minimum Gasteiger partial charge on any atom is -0.454 e. The van der Waals surface area contributed by atoms with Gasteiger partial charge in [-0.25, -0.2) is 0 Å². The summed E-state index contributed by atoms with van der Waals surface area (Å²) in [4.78, 5) is 30.5. The van der Waals surface area contributed by atoms with Crippen LogP contribution in [0.15, 0.2) is 66.7 Å². The fraction of sp³-hybridized carbons (Fsp3) is 0.231. The van der Waals surface area contributed by atoms with Crippen LogP contribution in [-0.2, 0) is 6.54 Å². The van der Waals surface area contributed by atoms with Crippen LogP contribution in [0.5, 0.6) is 11.5 Å². The fourth-order valence-electron chi connectivity index (χ4n) is 4.20. The first-order valence-corrected chi connectivity index (χ1v) is 11.3. The highest BCUT2D eigenvalue weighted by molar-refractivity contribution is 6.30. The van der Waals surface area contributed by atoms with Crippen molar-refractivity contribution in [2.75, 3.05) is 33.0 Å². The number of carbonyl (C=O) groups excluding carboxylic acids is 2. The molecular weight excluding hydrogens is 440 g/mol. The lowest BCUT2D eigenvalue weighted by molar-refractivity contribution is 0.0625. The number of amides is 1. The van der Waals surface area contributed by atoms with Gasteiger partial charge in [-0.15, -0.1) is 0 Å². The third-order valence-electron chi connectivity index (χ3n) is 6.01. The molecule has 0 radical (unpaired) electrons. The van der Waals surface area contributed by atoms with Crippen molar-refractivity contribution in [2.24, 2.45) is 0 Å². The lowest BCUT2D eigenvalue weighted by Gasteiger charge is -2.35. The van der Waals surface area contributed by atoms with Gasteiger partial charge in [0.15, 0.2) is 17.3 Å². The predicted molar refractivity (Wildman–Crippen MR) is 125 cm³/mol. The SMILES string of the molecule is O=C(c1ccc(Cl)cc1)c1ccccc1C(=O)N1CCN(Cc2ccc3c(c2)OCO3)CC1. The van der Waals surface area contributed by atoms with Gasteiger partial charge in [-0.3, -0.25) is 14.5 Å². The average Bonchev–Trinajstić information content (AvgIpc) is 3.32. The maximum Gasteiger partial charge on any atom is 0.254 e. The van der Waals surface area contributed by atoms with Crippen molar-refractivity contribution in [1.29, 1.82) is 0 Å². The maximum absolute atomic E-state index is 13.3. The van der Waals surface area contributed by atoms with Crippen molar-refractivity contribution in [3.63, 3.8) is 0 Å². The van der Waals surface area contributed by atoms with E-state index >= 15 is 0 Å². The Morgan fingerprint density at radius 3 is 2.27 bits per heavy atom. The number of fused-ring (bicyclic) bond motifs is 1. The second-order valence-electron chi connectivity index (χ2n) is 8.14. The number of hydrogen-bond donors (Lipinski definition) is 0. The van der Waals surface area contributed by atoms with Crippen LogP contribution in [0.3, 0.4) is 0 Å². The molecule has 1 fully saturated rings. The second kappa shape index (κ2) is 9.25. The van der Waals surface area contributed by atoms with Gasteiger partial charge in [0.1, 0.15) is 0 Å². The Balaban J connectivity index is 1.25. The molecule has 0 spiro atoms. The lowest BCUT2D eigenvalue weighted by atomic mass is 9.97. The van der Waals surface area contributed by atoms with Crippen LogP contribution >= 0.6 is 11.6 Å². The first-order chi connectivity index (χ1) is 16.1. The van der Waals surface area contributed by atoms with E-state index in [0.717, 1.165) is 36.7 Å². The van der Waals surface area contributed by atoms with Crippen molar-refractivity contribution in [3.05, 3.63) is 94.0 Å². The number of hydrogen-bond acceptors (Lipinski definition) is 5. The molecule has 6 nitrogen and oxygen atoms in total. The zero-order valence-electron chi connectivity index (χ0n) is 18.0. The summed E-state index contributed by atoms with van der Waals surface area (Å²) >= 11 is 5.95. The summed E-state index contributed by atoms with van der Waals surface area (Å²) in [6, 6.07) is 19.7. The minimum atomic E-state index is -0.183. The number of carbonyl (C=O) groups is 2. The van der Waals surface area contributed by atoms with Crippen LogP contribution in [0, 0.1) is 0 Å². The summed E-state index contributed by atoms with van der Waals surface area (Å²) in [5.41, 5.74) is 2.50. The zero-order chi connectivity index (χ0) is 22.8. The topological polar surface area (TPSA) is 59.1 Å². The lowest BCUT2D eigenvalue weighted by Crippen LogP contribution is -2.48. The van der Waals surface area contributed by atoms with Gasteiger partial charge in [-0.2, -0.15) is 0 Å². The monoisotopic (exact) mass is 462 g/mol. The Morgan fingerprint density at radius 2 is 1.52 bits per heavy atom. The molecule has 33 heavy (non-hydrogen) atoms.